The van der Waals surface area contributed by atoms with Crippen LogP contribution in [-0.2, 0) is 21.7 Å². The molecule has 0 spiro atoms. The largest absolute Gasteiger partial charge is 4.00 e. The van der Waals surface area contributed by atoms with Crippen molar-refractivity contribution in [1.29, 1.82) is 0 Å². The van der Waals surface area contributed by atoms with E-state index in [2.05, 4.69) is 0 Å². The van der Waals surface area contributed by atoms with Crippen molar-refractivity contribution in [3.8, 4) is 0 Å². The fourth-order valence-corrected chi connectivity index (χ4v) is 0. The first-order valence-corrected chi connectivity index (χ1v) is 0. The molecule has 0 aliphatic carbocycles. The van der Waals surface area contributed by atoms with E-state index in [1.807, 2.05) is 0 Å². The summed E-state index contributed by atoms with van der Waals surface area (Å²) < 4.78 is 0. The molecule has 0 aromatic carbocycles. The van der Waals surface area contributed by atoms with E-state index in [1.165, 1.54) is 0 Å². The third-order valence-corrected chi connectivity index (χ3v) is 0. The van der Waals surface area contributed by atoms with E-state index in [1.54, 1.807) is 0 Å². The van der Waals surface area contributed by atoms with Gasteiger partial charge in [-0.3, -0.25) is 0 Å². The molecule has 0 saturated carbocycles. The molecule has 0 rings (SSSR count). The van der Waals surface area contributed by atoms with Gasteiger partial charge in [0.05, 0.1) is 0 Å². The average Bonchev–Trinajstić information content (AvgIpc) is 0. The normalized spacial score (nSPS) is 0. The maximum Gasteiger partial charge on any atom is 4.00 e. The van der Waals surface area contributed by atoms with Gasteiger partial charge >= 0.3 is 21.7 Å². The Bertz CT molecular complexity index is 8.49. The van der Waals surface area contributed by atoms with Gasteiger partial charge in [0.25, 0.3) is 0 Å². The van der Waals surface area contributed by atoms with E-state index >= 15 is 0 Å². The number of hydrogen-bond acceptors (Lipinski definition) is 0. The molecule has 0 aliphatic rings. The smallest absolute Gasteiger partial charge is 1.00 e. The first-order chi connectivity index (χ1) is 0. The van der Waals surface area contributed by atoms with Gasteiger partial charge in [-0.25, -0.2) is 0 Å². The van der Waals surface area contributed by atoms with Gasteiger partial charge in [-0.05, 0) is 0 Å². The Hall–Kier alpha value is 2.41. The van der Waals surface area contributed by atoms with E-state index in [0.717, 1.165) is 0 Å². The van der Waals surface area contributed by atoms with Crippen molar-refractivity contribution < 1.29 is 76.8 Å². The van der Waals surface area contributed by atoms with Gasteiger partial charge in [-0.1, -0.05) is 0 Å². The second-order valence-electron chi connectivity index (χ2n) is 0. The average molecular weight is 281 g/mol. The summed E-state index contributed by atoms with van der Waals surface area (Å²) in [5.74, 6) is 0. The maximum absolute atomic E-state index is 0. The van der Waals surface area contributed by atoms with Gasteiger partial charge in [0, 0.05) is 0 Å². The molecule has 0 radical (unpaired) electrons. The van der Waals surface area contributed by atoms with E-state index in [0.29, 0.717) is 0 Å². The number of rotatable bonds is 0. The van der Waals surface area contributed by atoms with Crippen LogP contribution < -0.4 is 49.6 Å². The van der Waals surface area contributed by atoms with Crippen molar-refractivity contribution >= 4 is 24.8 Å². The van der Waals surface area contributed by atoms with E-state index in [-0.39, 0.29) is 102 Å². The molecule has 0 heterocycles. The Morgan fingerprint density at radius 2 is 0.500 bits per heavy atom. The molecule has 0 aromatic heterocycles. The molecule has 56 valence electrons. The summed E-state index contributed by atoms with van der Waals surface area (Å²) in [6.07, 6.45) is 0. The van der Waals surface area contributed by atoms with E-state index < -0.39 is 0 Å². The third kappa shape index (κ3) is 79.4. The molecule has 0 atom stereocenters. The van der Waals surface area contributed by atoms with Crippen LogP contribution in [0.5, 0.6) is 0 Å². The van der Waals surface area contributed by atoms with Crippen molar-refractivity contribution in [3.05, 3.63) is 0 Å². The number of hydrogen-bond donors (Lipinski definition) is 0. The minimum absolute atomic E-state index is 0. The predicted molar refractivity (Wildman–Crippen MR) is 18.1 cm³/mol. The molecular weight excluding hydrogens is 277 g/mol. The first kappa shape index (κ1) is 158. The summed E-state index contributed by atoms with van der Waals surface area (Å²) in [6.45, 7) is 0. The SMILES string of the molecule is Cl.Cl.O.[Cl-].[Cl-].[Cl-].[Cl-].[Ti+4]. The van der Waals surface area contributed by atoms with Crippen molar-refractivity contribution in [3.63, 3.8) is 0 Å². The van der Waals surface area contributed by atoms with Gasteiger partial charge in [-0.15, -0.1) is 24.8 Å². The quantitative estimate of drug-likeness (QED) is 0.395. The molecule has 0 bridgehead atoms. The van der Waals surface area contributed by atoms with Crippen molar-refractivity contribution in [2.24, 2.45) is 0 Å². The van der Waals surface area contributed by atoms with Crippen LogP contribution in [0.3, 0.4) is 0 Å². The molecule has 0 aromatic rings. The maximum atomic E-state index is 0. The Morgan fingerprint density at radius 1 is 0.500 bits per heavy atom. The zero-order chi connectivity index (χ0) is 0. The fourth-order valence-electron chi connectivity index (χ4n) is 0. The van der Waals surface area contributed by atoms with Crippen LogP contribution in [0.4, 0.5) is 0 Å². The molecule has 0 amide bonds. The number of halogens is 6. The summed E-state index contributed by atoms with van der Waals surface area (Å²) >= 11 is 0. The minimum Gasteiger partial charge on any atom is -1.00 e. The molecule has 1 nitrogen and oxygen atoms in total. The Kier molecular flexibility index (Phi) is 2260. The van der Waals surface area contributed by atoms with Crippen LogP contribution in [0.25, 0.3) is 0 Å². The monoisotopic (exact) mass is 278 g/mol. The van der Waals surface area contributed by atoms with Gasteiger partial charge in [0.1, 0.15) is 0 Å². The zero-order valence-electron chi connectivity index (χ0n) is 3.33. The topological polar surface area (TPSA) is 31.5 Å². The zero-order valence-corrected chi connectivity index (χ0v) is 9.55. The van der Waals surface area contributed by atoms with Crippen molar-refractivity contribution in [1.82, 2.24) is 0 Å². The van der Waals surface area contributed by atoms with Crippen molar-refractivity contribution in [2.75, 3.05) is 0 Å². The standard InChI is InChI=1S/6ClH.H2O.Ti/h6*1H;1H2;/q;;;;;;;+4/p-4. The van der Waals surface area contributed by atoms with Crippen LogP contribution in [0, 0.1) is 0 Å². The summed E-state index contributed by atoms with van der Waals surface area (Å²) in [7, 11) is 0. The van der Waals surface area contributed by atoms with E-state index in [9.17, 15) is 0 Å². The predicted octanol–water partition coefficient (Wildman–Crippen LogP) is -12.0. The minimum atomic E-state index is 0. The summed E-state index contributed by atoms with van der Waals surface area (Å²) in [6, 6.07) is 0. The van der Waals surface area contributed by atoms with Crippen LogP contribution in [0.1, 0.15) is 0 Å². The molecule has 0 fully saturated rings. The third-order valence-electron chi connectivity index (χ3n) is 0. The fraction of sp³-hybridized carbons (Fsp3) is 0. The Balaban J connectivity index is 0. The molecule has 0 saturated heterocycles. The van der Waals surface area contributed by atoms with Crippen LogP contribution in [0.15, 0.2) is 0 Å². The van der Waals surface area contributed by atoms with Gasteiger partial charge in [-0.2, -0.15) is 0 Å². The molecule has 0 unspecified atom stereocenters. The first-order valence-electron chi connectivity index (χ1n) is 0. The summed E-state index contributed by atoms with van der Waals surface area (Å²) in [5.41, 5.74) is 0. The van der Waals surface area contributed by atoms with Gasteiger partial charge in [0.2, 0.25) is 0 Å². The second-order valence-corrected chi connectivity index (χ2v) is 0. The molecule has 8 heavy (non-hydrogen) atoms. The summed E-state index contributed by atoms with van der Waals surface area (Å²) in [5, 5.41) is 0. The molecule has 2 N–H and O–H groups in total. The second kappa shape index (κ2) is 114. The Morgan fingerprint density at radius 3 is 0.500 bits per heavy atom. The van der Waals surface area contributed by atoms with Crippen LogP contribution in [-0.4, -0.2) is 5.48 Å². The van der Waals surface area contributed by atoms with Gasteiger partial charge in [0.15, 0.2) is 0 Å². The van der Waals surface area contributed by atoms with Crippen LogP contribution in [0.2, 0.25) is 0 Å². The summed E-state index contributed by atoms with van der Waals surface area (Å²) in [4.78, 5) is 0. The molecular formula is H4Cl6OTi. The van der Waals surface area contributed by atoms with Crippen LogP contribution >= 0.6 is 24.8 Å². The molecule has 0 aliphatic heterocycles. The van der Waals surface area contributed by atoms with Gasteiger partial charge < -0.3 is 55.1 Å². The molecule has 8 heteroatoms. The van der Waals surface area contributed by atoms with Crippen molar-refractivity contribution in [2.45, 2.75) is 0 Å². The Labute approximate surface area is 101 Å². The van der Waals surface area contributed by atoms with E-state index in [4.69, 9.17) is 0 Å².